The lowest BCUT2D eigenvalue weighted by molar-refractivity contribution is -0.120. The van der Waals surface area contributed by atoms with E-state index in [1.165, 1.54) is 11.3 Å². The summed E-state index contributed by atoms with van der Waals surface area (Å²) in [5, 5.41) is 4.81. The third-order valence-corrected chi connectivity index (χ3v) is 6.53. The fourth-order valence-corrected chi connectivity index (χ4v) is 4.61. The van der Waals surface area contributed by atoms with E-state index < -0.39 is 0 Å². The van der Waals surface area contributed by atoms with Crippen molar-refractivity contribution in [2.24, 2.45) is 5.92 Å². The summed E-state index contributed by atoms with van der Waals surface area (Å²) in [6, 6.07) is 5.70. The van der Waals surface area contributed by atoms with Crippen LogP contribution < -0.4 is 5.32 Å². The van der Waals surface area contributed by atoms with Crippen LogP contribution in [0.15, 0.2) is 30.5 Å². The molecule has 1 N–H and O–H groups in total. The van der Waals surface area contributed by atoms with E-state index in [1.807, 2.05) is 31.2 Å². The monoisotopic (exact) mass is 418 g/mol. The van der Waals surface area contributed by atoms with Gasteiger partial charge in [0.2, 0.25) is 0 Å². The number of benzene rings is 1. The van der Waals surface area contributed by atoms with Crippen molar-refractivity contribution in [2.75, 3.05) is 0 Å². The number of carbonyl (C=O) groups excluding carboxylic acids is 1. The van der Waals surface area contributed by atoms with E-state index in [1.54, 1.807) is 6.20 Å². The summed E-state index contributed by atoms with van der Waals surface area (Å²) in [6.45, 7) is 4.18. The number of thiazole rings is 1. The van der Waals surface area contributed by atoms with Gasteiger partial charge in [-0.3, -0.25) is 4.79 Å². The summed E-state index contributed by atoms with van der Waals surface area (Å²) in [5.41, 5.74) is 2.00. The Morgan fingerprint density at radius 2 is 2.15 bits per heavy atom. The number of halogens is 1. The summed E-state index contributed by atoms with van der Waals surface area (Å²) in [7, 11) is 0. The smallest absolute Gasteiger partial charge is 0.155 e. The number of hydrogen-bond acceptors (Lipinski definition) is 4. The van der Waals surface area contributed by atoms with Crippen LogP contribution in [0.25, 0.3) is 16.6 Å². The maximum atomic E-state index is 12.3. The van der Waals surface area contributed by atoms with Crippen molar-refractivity contribution in [3.05, 3.63) is 45.9 Å². The fraction of sp³-hybridized carbons (Fsp3) is 0.381. The van der Waals surface area contributed by atoms with Gasteiger partial charge < -0.3 is 5.32 Å². The van der Waals surface area contributed by atoms with Gasteiger partial charge in [0.25, 0.3) is 0 Å². The Balaban J connectivity index is 1.75. The molecule has 1 aromatic heterocycles. The molecule has 0 amide bonds. The van der Waals surface area contributed by atoms with Crippen LogP contribution in [0.2, 0.25) is 5.02 Å². The first-order chi connectivity index (χ1) is 13.0. The number of nitrogens with zero attached hydrogens (tertiary/aromatic N) is 1. The number of allylic oxidation sites excluding steroid dienone is 1. The molecule has 3 rings (SSSR count). The molecule has 1 heterocycles. The Bertz CT molecular complexity index is 875. The van der Waals surface area contributed by atoms with E-state index in [-0.39, 0.29) is 11.8 Å². The minimum atomic E-state index is -0.180. The van der Waals surface area contributed by atoms with Crippen molar-refractivity contribution in [2.45, 2.75) is 45.6 Å². The van der Waals surface area contributed by atoms with Crippen LogP contribution >= 0.6 is 35.2 Å². The van der Waals surface area contributed by atoms with Crippen molar-refractivity contribution < 1.29 is 4.79 Å². The van der Waals surface area contributed by atoms with Gasteiger partial charge in [0.1, 0.15) is 10.00 Å². The van der Waals surface area contributed by atoms with Crippen molar-refractivity contribution in [1.29, 1.82) is 0 Å². The van der Waals surface area contributed by atoms with Crippen molar-refractivity contribution in [3.8, 4) is 10.6 Å². The standard InChI is InChI=1S/C21H23ClN2OS2/c1-3-4-14-9-15(11-16(22)10-14)21-23-12-19(27-21)20(26)24-17-7-5-13(2)6-8-18(17)25/h3-4,9-13,17H,5-8H2,1-2H3,(H,24,26)/b4-3+. The number of aromatic nitrogens is 1. The summed E-state index contributed by atoms with van der Waals surface area (Å²) < 4.78 is 0. The van der Waals surface area contributed by atoms with Gasteiger partial charge in [0, 0.05) is 23.2 Å². The molecule has 1 aliphatic rings. The maximum Gasteiger partial charge on any atom is 0.155 e. The zero-order valence-corrected chi connectivity index (χ0v) is 17.9. The molecule has 1 aromatic carbocycles. The number of ketones is 1. The number of hydrogen-bond donors (Lipinski definition) is 1. The highest BCUT2D eigenvalue weighted by molar-refractivity contribution is 7.81. The molecule has 3 nitrogen and oxygen atoms in total. The number of nitrogens with one attached hydrogen (secondary N) is 1. The lowest BCUT2D eigenvalue weighted by Gasteiger charge is -2.16. The van der Waals surface area contributed by atoms with Gasteiger partial charge in [0.15, 0.2) is 5.78 Å². The molecule has 142 valence electrons. The molecule has 1 fully saturated rings. The molecule has 0 saturated heterocycles. The Morgan fingerprint density at radius 3 is 2.93 bits per heavy atom. The molecule has 0 radical (unpaired) electrons. The second-order valence-electron chi connectivity index (χ2n) is 7.02. The van der Waals surface area contributed by atoms with Crippen molar-refractivity contribution in [3.63, 3.8) is 0 Å². The number of thiocarbonyl (C=S) groups is 1. The van der Waals surface area contributed by atoms with E-state index >= 15 is 0 Å². The molecular formula is C21H23ClN2OS2. The fourth-order valence-electron chi connectivity index (χ4n) is 3.24. The van der Waals surface area contributed by atoms with Crippen LogP contribution in [0.4, 0.5) is 0 Å². The minimum absolute atomic E-state index is 0.180. The normalized spacial score (nSPS) is 20.6. The first kappa shape index (κ1) is 20.2. The lowest BCUT2D eigenvalue weighted by Crippen LogP contribution is -2.39. The van der Waals surface area contributed by atoms with Crippen LogP contribution in [0, 0.1) is 5.92 Å². The average Bonchev–Trinajstić information content (AvgIpc) is 3.07. The molecule has 1 saturated carbocycles. The second-order valence-corrected chi connectivity index (χ2v) is 8.89. The Kier molecular flexibility index (Phi) is 6.79. The van der Waals surface area contributed by atoms with Crippen molar-refractivity contribution in [1.82, 2.24) is 10.3 Å². The first-order valence-electron chi connectivity index (χ1n) is 9.19. The molecule has 1 aliphatic carbocycles. The summed E-state index contributed by atoms with van der Waals surface area (Å²) in [5.74, 6) is 0.857. The van der Waals surface area contributed by atoms with Gasteiger partial charge >= 0.3 is 0 Å². The topological polar surface area (TPSA) is 42.0 Å². The summed E-state index contributed by atoms with van der Waals surface area (Å²) >= 11 is 13.3. The van der Waals surface area contributed by atoms with Crippen LogP contribution in [-0.4, -0.2) is 21.8 Å². The van der Waals surface area contributed by atoms with Crippen molar-refractivity contribution >= 4 is 52.0 Å². The van der Waals surface area contributed by atoms with E-state index in [0.29, 0.717) is 22.3 Å². The number of rotatable bonds is 4. The van der Waals surface area contributed by atoms with E-state index in [4.69, 9.17) is 23.8 Å². The van der Waals surface area contributed by atoms with Crippen LogP contribution in [-0.2, 0) is 4.79 Å². The van der Waals surface area contributed by atoms with Crippen LogP contribution in [0.3, 0.4) is 0 Å². The third kappa shape index (κ3) is 5.24. The zero-order valence-electron chi connectivity index (χ0n) is 15.5. The maximum absolute atomic E-state index is 12.3. The molecular weight excluding hydrogens is 396 g/mol. The van der Waals surface area contributed by atoms with E-state index in [0.717, 1.165) is 40.3 Å². The number of carbonyl (C=O) groups is 1. The quantitative estimate of drug-likeness (QED) is 0.495. The lowest BCUT2D eigenvalue weighted by atomic mass is 10.0. The van der Waals surface area contributed by atoms with E-state index in [2.05, 4.69) is 23.3 Å². The van der Waals surface area contributed by atoms with Gasteiger partial charge in [-0.1, -0.05) is 42.9 Å². The van der Waals surface area contributed by atoms with Crippen LogP contribution in [0.1, 0.15) is 50.0 Å². The second kappa shape index (κ2) is 9.09. The highest BCUT2D eigenvalue weighted by Crippen LogP contribution is 2.29. The van der Waals surface area contributed by atoms with Gasteiger partial charge in [-0.25, -0.2) is 4.98 Å². The highest BCUT2D eigenvalue weighted by atomic mass is 35.5. The Morgan fingerprint density at radius 1 is 1.33 bits per heavy atom. The highest BCUT2D eigenvalue weighted by Gasteiger charge is 2.24. The average molecular weight is 419 g/mol. The molecule has 0 aliphatic heterocycles. The molecule has 6 heteroatoms. The molecule has 0 spiro atoms. The largest absolute Gasteiger partial charge is 0.365 e. The summed E-state index contributed by atoms with van der Waals surface area (Å²) in [6.07, 6.45) is 9.25. The predicted octanol–water partition coefficient (Wildman–Crippen LogP) is 5.91. The van der Waals surface area contributed by atoms with E-state index in [9.17, 15) is 4.79 Å². The zero-order chi connectivity index (χ0) is 19.4. The molecule has 0 bridgehead atoms. The molecule has 2 atom stereocenters. The third-order valence-electron chi connectivity index (χ3n) is 4.78. The van der Waals surface area contributed by atoms with Crippen LogP contribution in [0.5, 0.6) is 0 Å². The minimum Gasteiger partial charge on any atom is -0.365 e. The van der Waals surface area contributed by atoms with Gasteiger partial charge in [-0.05, 0) is 55.9 Å². The first-order valence-corrected chi connectivity index (χ1v) is 10.8. The van der Waals surface area contributed by atoms with Gasteiger partial charge in [-0.2, -0.15) is 0 Å². The van der Waals surface area contributed by atoms with Gasteiger partial charge in [0.05, 0.1) is 10.9 Å². The molecule has 2 aromatic rings. The molecule has 2 unspecified atom stereocenters. The molecule has 27 heavy (non-hydrogen) atoms. The predicted molar refractivity (Wildman–Crippen MR) is 119 cm³/mol. The van der Waals surface area contributed by atoms with Gasteiger partial charge in [-0.15, -0.1) is 11.3 Å². The Labute approximate surface area is 174 Å². The SMILES string of the molecule is C/C=C/c1cc(Cl)cc(-c2ncc(C(=S)NC3CCC(C)CCC3=O)s2)c1. The Hall–Kier alpha value is -1.56. The summed E-state index contributed by atoms with van der Waals surface area (Å²) in [4.78, 5) is 18.3. The number of Topliss-reactive ketones (excluding diaryl/α,β-unsaturated/α-hetero) is 1.